The summed E-state index contributed by atoms with van der Waals surface area (Å²) in [6, 6.07) is 13.6. The highest BCUT2D eigenvalue weighted by atomic mass is 32.1. The van der Waals surface area contributed by atoms with Crippen LogP contribution in [-0.2, 0) is 17.9 Å². The van der Waals surface area contributed by atoms with Crippen LogP contribution in [0, 0.1) is 0 Å². The Morgan fingerprint density at radius 2 is 1.67 bits per heavy atom. The van der Waals surface area contributed by atoms with Crippen LogP contribution in [0.5, 0.6) is 11.5 Å². The van der Waals surface area contributed by atoms with Gasteiger partial charge in [0.1, 0.15) is 11.5 Å². The van der Waals surface area contributed by atoms with E-state index in [0.29, 0.717) is 18.8 Å². The Morgan fingerprint density at radius 3 is 2.19 bits per heavy atom. The Kier molecular flexibility index (Phi) is 6.68. The number of carbonyl (C=O) groups excluding carboxylic acids is 1. The Morgan fingerprint density at radius 1 is 1.00 bits per heavy atom. The summed E-state index contributed by atoms with van der Waals surface area (Å²) in [6.07, 6.45) is 3.37. The molecule has 3 rings (SSSR count). The van der Waals surface area contributed by atoms with Crippen molar-refractivity contribution in [2.45, 2.75) is 13.1 Å². The van der Waals surface area contributed by atoms with E-state index >= 15 is 0 Å². The molecule has 6 heteroatoms. The molecular weight excluding hydrogens is 378 g/mol. The molecule has 0 atom stereocenters. The maximum atomic E-state index is 12.9. The first-order chi connectivity index (χ1) is 13.2. The van der Waals surface area contributed by atoms with Crippen LogP contribution >= 0.6 is 22.7 Å². The van der Waals surface area contributed by atoms with Crippen molar-refractivity contribution in [1.29, 1.82) is 0 Å². The van der Waals surface area contributed by atoms with E-state index in [4.69, 9.17) is 9.47 Å². The maximum Gasteiger partial charge on any atom is 0.247 e. The molecule has 1 amide bonds. The van der Waals surface area contributed by atoms with Crippen molar-refractivity contribution in [3.05, 3.63) is 74.6 Å². The fourth-order valence-electron chi connectivity index (χ4n) is 2.63. The number of rotatable bonds is 8. The average molecular weight is 400 g/mol. The van der Waals surface area contributed by atoms with Gasteiger partial charge in [-0.3, -0.25) is 4.79 Å². The summed E-state index contributed by atoms with van der Waals surface area (Å²) in [5, 5.41) is 4.06. The van der Waals surface area contributed by atoms with Crippen molar-refractivity contribution in [1.82, 2.24) is 4.90 Å². The molecule has 0 radical (unpaired) electrons. The van der Waals surface area contributed by atoms with Gasteiger partial charge in [-0.25, -0.2) is 0 Å². The maximum absolute atomic E-state index is 12.9. The van der Waals surface area contributed by atoms with E-state index in [2.05, 4.69) is 0 Å². The molecule has 0 spiro atoms. The Hall–Kier alpha value is -2.57. The molecule has 0 bridgehead atoms. The van der Waals surface area contributed by atoms with Crippen molar-refractivity contribution >= 4 is 34.7 Å². The average Bonchev–Trinajstić information content (AvgIpc) is 3.39. The molecule has 0 fully saturated rings. The Bertz CT molecular complexity index is 850. The molecule has 140 valence electrons. The van der Waals surface area contributed by atoms with Crippen molar-refractivity contribution in [2.24, 2.45) is 0 Å². The lowest BCUT2D eigenvalue weighted by Crippen LogP contribution is -2.27. The zero-order chi connectivity index (χ0) is 19.1. The molecule has 27 heavy (non-hydrogen) atoms. The zero-order valence-electron chi connectivity index (χ0n) is 15.3. The summed E-state index contributed by atoms with van der Waals surface area (Å²) in [5.41, 5.74) is 0.803. The molecule has 0 unspecified atom stereocenters. The molecular formula is C21H21NO3S2. The van der Waals surface area contributed by atoms with Crippen LogP contribution in [0.1, 0.15) is 15.3 Å². The van der Waals surface area contributed by atoms with E-state index in [9.17, 15) is 4.79 Å². The van der Waals surface area contributed by atoms with Gasteiger partial charge in [0.15, 0.2) is 0 Å². The molecule has 1 aromatic carbocycles. The highest BCUT2D eigenvalue weighted by Crippen LogP contribution is 2.25. The van der Waals surface area contributed by atoms with Gasteiger partial charge in [0.25, 0.3) is 0 Å². The number of amides is 1. The molecule has 0 aliphatic heterocycles. The largest absolute Gasteiger partial charge is 0.497 e. The van der Waals surface area contributed by atoms with E-state index in [1.165, 1.54) is 0 Å². The number of methoxy groups -OCH3 is 2. The lowest BCUT2D eigenvalue weighted by molar-refractivity contribution is -0.127. The van der Waals surface area contributed by atoms with Crippen LogP contribution in [0.2, 0.25) is 0 Å². The van der Waals surface area contributed by atoms with Crippen molar-refractivity contribution < 1.29 is 14.3 Å². The van der Waals surface area contributed by atoms with Gasteiger partial charge >= 0.3 is 0 Å². The lowest BCUT2D eigenvalue weighted by atomic mass is 10.1. The summed E-state index contributed by atoms with van der Waals surface area (Å²) in [6.45, 7) is 1.18. The molecule has 0 aliphatic rings. The minimum atomic E-state index is -0.0401. The monoisotopic (exact) mass is 399 g/mol. The van der Waals surface area contributed by atoms with Gasteiger partial charge in [0.05, 0.1) is 27.3 Å². The number of thiophene rings is 2. The van der Waals surface area contributed by atoms with E-state index in [-0.39, 0.29) is 5.91 Å². The van der Waals surface area contributed by atoms with E-state index in [1.54, 1.807) is 49.0 Å². The van der Waals surface area contributed by atoms with Gasteiger partial charge in [0.2, 0.25) is 5.91 Å². The SMILES string of the molecule is COc1ccc(OC)c(/C=C/C(=O)N(Cc2cccs2)Cc2cccs2)c1. The summed E-state index contributed by atoms with van der Waals surface area (Å²) >= 11 is 3.31. The quantitative estimate of drug-likeness (QED) is 0.497. The molecule has 3 aromatic rings. The van der Waals surface area contributed by atoms with Crippen molar-refractivity contribution in [2.75, 3.05) is 14.2 Å². The van der Waals surface area contributed by atoms with E-state index in [0.717, 1.165) is 21.1 Å². The van der Waals surface area contributed by atoms with Crippen LogP contribution < -0.4 is 9.47 Å². The fraction of sp³-hybridized carbons (Fsp3) is 0.190. The van der Waals surface area contributed by atoms with Crippen LogP contribution in [0.3, 0.4) is 0 Å². The number of nitrogens with zero attached hydrogens (tertiary/aromatic N) is 1. The number of ether oxygens (including phenoxy) is 2. The summed E-state index contributed by atoms with van der Waals surface area (Å²) in [4.78, 5) is 17.1. The van der Waals surface area contributed by atoms with Gasteiger partial charge in [-0.05, 0) is 47.2 Å². The predicted octanol–water partition coefficient (Wildman–Crippen LogP) is 5.07. The molecule has 0 saturated carbocycles. The van der Waals surface area contributed by atoms with Crippen LogP contribution in [0.15, 0.2) is 59.3 Å². The summed E-state index contributed by atoms with van der Waals surface area (Å²) in [7, 11) is 3.23. The number of hydrogen-bond donors (Lipinski definition) is 0. The first-order valence-electron chi connectivity index (χ1n) is 8.43. The number of hydrogen-bond acceptors (Lipinski definition) is 5. The highest BCUT2D eigenvalue weighted by molar-refractivity contribution is 7.10. The molecule has 2 heterocycles. The third-order valence-corrected chi connectivity index (χ3v) is 5.73. The molecule has 0 aliphatic carbocycles. The third-order valence-electron chi connectivity index (χ3n) is 4.01. The Balaban J connectivity index is 1.80. The van der Waals surface area contributed by atoms with Gasteiger partial charge in [-0.1, -0.05) is 12.1 Å². The van der Waals surface area contributed by atoms with Gasteiger partial charge < -0.3 is 14.4 Å². The standard InChI is InChI=1S/C21H21NO3S2/c1-24-17-8-9-20(25-2)16(13-17)7-10-21(23)22(14-18-5-3-11-26-18)15-19-6-4-12-27-19/h3-13H,14-15H2,1-2H3/b10-7+. The van der Waals surface area contributed by atoms with Crippen LogP contribution in [0.4, 0.5) is 0 Å². The smallest absolute Gasteiger partial charge is 0.247 e. The van der Waals surface area contributed by atoms with Crippen molar-refractivity contribution in [3.8, 4) is 11.5 Å². The van der Waals surface area contributed by atoms with Crippen molar-refractivity contribution in [3.63, 3.8) is 0 Å². The van der Waals surface area contributed by atoms with Crippen LogP contribution in [-0.4, -0.2) is 25.0 Å². The topological polar surface area (TPSA) is 38.8 Å². The second-order valence-electron chi connectivity index (χ2n) is 5.79. The number of benzene rings is 1. The summed E-state index contributed by atoms with van der Waals surface area (Å²) in [5.74, 6) is 1.38. The van der Waals surface area contributed by atoms with Gasteiger partial charge in [-0.15, -0.1) is 22.7 Å². The van der Waals surface area contributed by atoms with Gasteiger partial charge in [0, 0.05) is 21.4 Å². The fourth-order valence-corrected chi connectivity index (χ4v) is 4.07. The van der Waals surface area contributed by atoms with Crippen LogP contribution in [0.25, 0.3) is 6.08 Å². The first kappa shape index (κ1) is 19.2. The van der Waals surface area contributed by atoms with E-state index in [1.807, 2.05) is 58.1 Å². The second kappa shape index (κ2) is 9.39. The first-order valence-corrected chi connectivity index (χ1v) is 10.2. The number of carbonyl (C=O) groups is 1. The third kappa shape index (κ3) is 5.21. The second-order valence-corrected chi connectivity index (χ2v) is 7.86. The normalized spacial score (nSPS) is 10.9. The zero-order valence-corrected chi connectivity index (χ0v) is 16.9. The van der Waals surface area contributed by atoms with Gasteiger partial charge in [-0.2, -0.15) is 0 Å². The predicted molar refractivity (Wildman–Crippen MR) is 111 cm³/mol. The lowest BCUT2D eigenvalue weighted by Gasteiger charge is -2.20. The molecule has 0 saturated heterocycles. The molecule has 0 N–H and O–H groups in total. The Labute approximate surface area is 167 Å². The van der Waals surface area contributed by atoms with E-state index < -0.39 is 0 Å². The highest BCUT2D eigenvalue weighted by Gasteiger charge is 2.14. The summed E-state index contributed by atoms with van der Waals surface area (Å²) < 4.78 is 10.6. The molecule has 4 nitrogen and oxygen atoms in total. The molecule has 2 aromatic heterocycles. The minimum Gasteiger partial charge on any atom is -0.497 e. The minimum absolute atomic E-state index is 0.0401.